The molecule has 1 atom stereocenters. The third kappa shape index (κ3) is 5.61. The summed E-state index contributed by atoms with van der Waals surface area (Å²) in [5.74, 6) is 0.219. The van der Waals surface area contributed by atoms with Crippen LogP contribution in [0.5, 0.6) is 5.75 Å². The first-order valence-corrected chi connectivity index (χ1v) is 6.95. The predicted molar refractivity (Wildman–Crippen MR) is 81.2 cm³/mol. The van der Waals surface area contributed by atoms with Gasteiger partial charge in [-0.15, -0.1) is 0 Å². The van der Waals surface area contributed by atoms with E-state index >= 15 is 0 Å². The number of phenols is 1. The molecular weight excluding hydrogens is 252 g/mol. The number of aromatic hydroxyl groups is 1. The molecule has 0 spiro atoms. The number of hydrogen-bond donors (Lipinski definition) is 2. The Morgan fingerprint density at radius 2 is 1.95 bits per heavy atom. The Labute approximate surface area is 121 Å². The molecule has 1 rings (SSSR count). The normalized spacial score (nSPS) is 13.1. The van der Waals surface area contributed by atoms with Crippen LogP contribution < -0.4 is 5.73 Å². The van der Waals surface area contributed by atoms with Crippen molar-refractivity contribution >= 4 is 5.91 Å². The van der Waals surface area contributed by atoms with Crippen LogP contribution in [-0.4, -0.2) is 29.0 Å². The van der Waals surface area contributed by atoms with E-state index < -0.39 is 0 Å². The minimum absolute atomic E-state index is 0.00463. The fourth-order valence-electron chi connectivity index (χ4n) is 2.23. The van der Waals surface area contributed by atoms with Gasteiger partial charge in [-0.3, -0.25) is 4.79 Å². The summed E-state index contributed by atoms with van der Waals surface area (Å²) in [6.07, 6.45) is 1.14. The summed E-state index contributed by atoms with van der Waals surface area (Å²) in [6.45, 7) is 6.74. The van der Waals surface area contributed by atoms with E-state index in [9.17, 15) is 9.90 Å². The van der Waals surface area contributed by atoms with Crippen molar-refractivity contribution in [3.05, 3.63) is 29.8 Å². The predicted octanol–water partition coefficient (Wildman–Crippen LogP) is 2.50. The van der Waals surface area contributed by atoms with Crippen molar-refractivity contribution in [2.45, 2.75) is 46.2 Å². The highest BCUT2D eigenvalue weighted by Crippen LogP contribution is 2.22. The van der Waals surface area contributed by atoms with Gasteiger partial charge in [-0.1, -0.05) is 39.0 Å². The molecule has 0 aliphatic carbocycles. The number of carbonyl (C=O) groups excluding carboxylic acids is 1. The number of carbonyl (C=O) groups is 1. The molecule has 0 aromatic heterocycles. The lowest BCUT2D eigenvalue weighted by Crippen LogP contribution is -2.35. The summed E-state index contributed by atoms with van der Waals surface area (Å²) in [6, 6.07) is 6.92. The van der Waals surface area contributed by atoms with Crippen molar-refractivity contribution in [1.82, 2.24) is 4.90 Å². The molecule has 3 N–H and O–H groups in total. The van der Waals surface area contributed by atoms with Crippen LogP contribution in [0.3, 0.4) is 0 Å². The zero-order valence-electron chi connectivity index (χ0n) is 12.9. The standard InChI is InChI=1S/C16H26N2O2/c1-16(2,3)10-13(17)9-15(20)18(4)11-12-7-5-6-8-14(12)19/h5-8,13,19H,9-11,17H2,1-4H3. The van der Waals surface area contributed by atoms with Gasteiger partial charge in [0.1, 0.15) is 5.75 Å². The Bertz CT molecular complexity index is 452. The molecule has 1 aromatic rings. The van der Waals surface area contributed by atoms with Crippen molar-refractivity contribution in [3.63, 3.8) is 0 Å². The van der Waals surface area contributed by atoms with Crippen molar-refractivity contribution in [1.29, 1.82) is 0 Å². The lowest BCUT2D eigenvalue weighted by molar-refractivity contribution is -0.130. The number of rotatable bonds is 5. The van der Waals surface area contributed by atoms with Crippen molar-refractivity contribution < 1.29 is 9.90 Å². The molecule has 0 aliphatic heterocycles. The first kappa shape index (κ1) is 16.5. The van der Waals surface area contributed by atoms with Gasteiger partial charge in [-0.25, -0.2) is 0 Å². The summed E-state index contributed by atoms with van der Waals surface area (Å²) in [5, 5.41) is 9.71. The Balaban J connectivity index is 2.53. The molecule has 1 unspecified atom stereocenters. The van der Waals surface area contributed by atoms with Crippen LogP contribution in [0.1, 0.15) is 39.2 Å². The molecule has 20 heavy (non-hydrogen) atoms. The molecule has 0 radical (unpaired) electrons. The lowest BCUT2D eigenvalue weighted by atomic mass is 9.87. The molecule has 0 saturated heterocycles. The molecule has 0 aliphatic rings. The van der Waals surface area contributed by atoms with Crippen LogP contribution >= 0.6 is 0 Å². The zero-order valence-corrected chi connectivity index (χ0v) is 12.9. The highest BCUT2D eigenvalue weighted by Gasteiger charge is 2.20. The van der Waals surface area contributed by atoms with Gasteiger partial charge in [0.05, 0.1) is 0 Å². The number of hydrogen-bond acceptors (Lipinski definition) is 3. The van der Waals surface area contributed by atoms with Gasteiger partial charge in [-0.05, 0) is 17.9 Å². The second-order valence-electron chi connectivity index (χ2n) is 6.61. The highest BCUT2D eigenvalue weighted by atomic mass is 16.3. The van der Waals surface area contributed by atoms with Gasteiger partial charge >= 0.3 is 0 Å². The van der Waals surface area contributed by atoms with Crippen molar-refractivity contribution in [2.75, 3.05) is 7.05 Å². The van der Waals surface area contributed by atoms with Crippen LogP contribution in [0.15, 0.2) is 24.3 Å². The van der Waals surface area contributed by atoms with Crippen LogP contribution in [0.2, 0.25) is 0 Å². The van der Waals surface area contributed by atoms with Gasteiger partial charge < -0.3 is 15.7 Å². The molecule has 0 heterocycles. The fourth-order valence-corrected chi connectivity index (χ4v) is 2.23. The Morgan fingerprint density at radius 3 is 2.50 bits per heavy atom. The number of nitrogens with two attached hydrogens (primary N) is 1. The van der Waals surface area contributed by atoms with Gasteiger partial charge in [0, 0.05) is 31.6 Å². The van der Waals surface area contributed by atoms with Crippen LogP contribution in [0.4, 0.5) is 0 Å². The maximum atomic E-state index is 12.1. The van der Waals surface area contributed by atoms with Gasteiger partial charge in [0.15, 0.2) is 0 Å². The smallest absolute Gasteiger partial charge is 0.224 e. The summed E-state index contributed by atoms with van der Waals surface area (Å²) in [7, 11) is 1.73. The summed E-state index contributed by atoms with van der Waals surface area (Å²) in [5.41, 5.74) is 6.89. The van der Waals surface area contributed by atoms with E-state index in [0.717, 1.165) is 12.0 Å². The maximum absolute atomic E-state index is 12.1. The first-order chi connectivity index (χ1) is 9.19. The minimum atomic E-state index is -0.130. The van der Waals surface area contributed by atoms with Gasteiger partial charge in [0.2, 0.25) is 5.91 Å². The monoisotopic (exact) mass is 278 g/mol. The van der Waals surface area contributed by atoms with Crippen molar-refractivity contribution in [2.24, 2.45) is 11.1 Å². The van der Waals surface area contributed by atoms with E-state index in [0.29, 0.717) is 13.0 Å². The minimum Gasteiger partial charge on any atom is -0.508 e. The summed E-state index contributed by atoms with van der Waals surface area (Å²) >= 11 is 0. The number of para-hydroxylation sites is 1. The third-order valence-electron chi connectivity index (χ3n) is 3.14. The number of benzene rings is 1. The van der Waals surface area contributed by atoms with E-state index in [2.05, 4.69) is 20.8 Å². The largest absolute Gasteiger partial charge is 0.508 e. The molecule has 1 amide bonds. The summed E-state index contributed by atoms with van der Waals surface area (Å²) < 4.78 is 0. The SMILES string of the molecule is CN(Cc1ccccc1O)C(=O)CC(N)CC(C)(C)C. The van der Waals surface area contributed by atoms with Crippen LogP contribution in [0, 0.1) is 5.41 Å². The average molecular weight is 278 g/mol. The van der Waals surface area contributed by atoms with E-state index in [-0.39, 0.29) is 23.1 Å². The number of nitrogens with zero attached hydrogens (tertiary/aromatic N) is 1. The molecule has 0 bridgehead atoms. The quantitative estimate of drug-likeness (QED) is 0.869. The molecular formula is C16H26N2O2. The third-order valence-corrected chi connectivity index (χ3v) is 3.14. The molecule has 4 nitrogen and oxygen atoms in total. The van der Waals surface area contributed by atoms with E-state index in [1.165, 1.54) is 0 Å². The second-order valence-corrected chi connectivity index (χ2v) is 6.61. The highest BCUT2D eigenvalue weighted by molar-refractivity contribution is 5.76. The van der Waals surface area contributed by atoms with E-state index in [1.54, 1.807) is 24.1 Å². The van der Waals surface area contributed by atoms with Gasteiger partial charge in [0.25, 0.3) is 0 Å². The second kappa shape index (κ2) is 6.75. The van der Waals surface area contributed by atoms with Crippen LogP contribution in [-0.2, 0) is 11.3 Å². The van der Waals surface area contributed by atoms with Crippen molar-refractivity contribution in [3.8, 4) is 5.75 Å². The van der Waals surface area contributed by atoms with Gasteiger partial charge in [-0.2, -0.15) is 0 Å². The lowest BCUT2D eigenvalue weighted by Gasteiger charge is -2.25. The maximum Gasteiger partial charge on any atom is 0.224 e. The Kier molecular flexibility index (Phi) is 5.57. The molecule has 0 saturated carbocycles. The van der Waals surface area contributed by atoms with Crippen LogP contribution in [0.25, 0.3) is 0 Å². The topological polar surface area (TPSA) is 66.6 Å². The average Bonchev–Trinajstić information content (AvgIpc) is 2.29. The number of amides is 1. The molecule has 4 heteroatoms. The van der Waals surface area contributed by atoms with E-state index in [4.69, 9.17) is 5.73 Å². The zero-order chi connectivity index (χ0) is 15.3. The first-order valence-electron chi connectivity index (χ1n) is 6.95. The molecule has 0 fully saturated rings. The molecule has 1 aromatic carbocycles. The molecule has 112 valence electrons. The summed E-state index contributed by atoms with van der Waals surface area (Å²) in [4.78, 5) is 13.7. The number of phenolic OH excluding ortho intramolecular Hbond substituents is 1. The van der Waals surface area contributed by atoms with E-state index in [1.807, 2.05) is 12.1 Å². The fraction of sp³-hybridized carbons (Fsp3) is 0.562. The Morgan fingerprint density at radius 1 is 1.35 bits per heavy atom. The Hall–Kier alpha value is -1.55.